The maximum Gasteiger partial charge on any atom is 0.309 e. The third-order valence-corrected chi connectivity index (χ3v) is 7.33. The van der Waals surface area contributed by atoms with Gasteiger partial charge in [0.1, 0.15) is 0 Å². The van der Waals surface area contributed by atoms with E-state index in [0.717, 1.165) is 18.4 Å². The molecule has 0 bridgehead atoms. The largest absolute Gasteiger partial charge is 0.469 e. The van der Waals surface area contributed by atoms with Gasteiger partial charge in [-0.25, -0.2) is 0 Å². The van der Waals surface area contributed by atoms with Crippen LogP contribution in [0, 0.1) is 22.2 Å². The van der Waals surface area contributed by atoms with Crippen LogP contribution in [0.4, 0.5) is 0 Å². The fraction of sp³-hybridized carbons (Fsp3) is 0.850. The number of hydrogen-bond acceptors (Lipinski definition) is 4. The van der Waals surface area contributed by atoms with Crippen molar-refractivity contribution >= 4 is 5.97 Å². The van der Waals surface area contributed by atoms with E-state index in [1.807, 2.05) is 20.8 Å². The predicted molar refractivity (Wildman–Crippen MR) is 92.4 cm³/mol. The van der Waals surface area contributed by atoms with Crippen LogP contribution >= 0.6 is 0 Å². The average Bonchev–Trinajstić information content (AvgIpc) is 2.94. The van der Waals surface area contributed by atoms with Gasteiger partial charge in [-0.2, -0.15) is 0 Å². The normalized spacial score (nSPS) is 47.6. The van der Waals surface area contributed by atoms with Crippen LogP contribution in [-0.2, 0) is 14.3 Å². The minimum atomic E-state index is -0.524. The second-order valence-corrected chi connectivity index (χ2v) is 9.50. The van der Waals surface area contributed by atoms with Crippen molar-refractivity contribution in [2.75, 3.05) is 7.11 Å². The summed E-state index contributed by atoms with van der Waals surface area (Å²) in [7, 11) is 1.46. The minimum Gasteiger partial charge on any atom is -0.469 e. The van der Waals surface area contributed by atoms with E-state index < -0.39 is 11.5 Å². The average molecular weight is 336 g/mol. The topological polar surface area (TPSA) is 55.8 Å². The Hall–Kier alpha value is -0.870. The molecule has 0 aromatic heterocycles. The first-order chi connectivity index (χ1) is 10.9. The highest BCUT2D eigenvalue weighted by atomic mass is 16.5. The van der Waals surface area contributed by atoms with Crippen molar-refractivity contribution in [2.24, 2.45) is 22.2 Å². The van der Waals surface area contributed by atoms with Gasteiger partial charge in [-0.1, -0.05) is 26.0 Å². The summed E-state index contributed by atoms with van der Waals surface area (Å²) >= 11 is 0. The molecule has 3 fully saturated rings. The fourth-order valence-corrected chi connectivity index (χ4v) is 6.64. The molecule has 3 rings (SSSR count). The van der Waals surface area contributed by atoms with Crippen LogP contribution in [-0.4, -0.2) is 36.0 Å². The lowest BCUT2D eigenvalue weighted by Crippen LogP contribution is -2.50. The molecule has 0 radical (unpaired) electrons. The smallest absolute Gasteiger partial charge is 0.309 e. The first-order valence-corrected chi connectivity index (χ1v) is 9.06. The van der Waals surface area contributed by atoms with E-state index in [9.17, 15) is 9.90 Å². The number of hydrogen-bond donors (Lipinski definition) is 1. The fourth-order valence-electron chi connectivity index (χ4n) is 6.64. The van der Waals surface area contributed by atoms with Gasteiger partial charge in [0.15, 0.2) is 0 Å². The van der Waals surface area contributed by atoms with Crippen LogP contribution in [0.25, 0.3) is 0 Å². The molecule has 3 aliphatic carbocycles. The van der Waals surface area contributed by atoms with E-state index in [1.54, 1.807) is 0 Å². The SMILES string of the molecule is C=C1CC[C@@]2(C)[C@@H](C(=O)OC)C[C@]3(C)[C@@H](OC(C)(C)C)C[C@@H](O)[C@]123. The molecule has 136 valence electrons. The Morgan fingerprint density at radius 1 is 1.29 bits per heavy atom. The summed E-state index contributed by atoms with van der Waals surface area (Å²) < 4.78 is 11.5. The second kappa shape index (κ2) is 5.07. The van der Waals surface area contributed by atoms with Gasteiger partial charge in [0.25, 0.3) is 0 Å². The molecule has 6 atom stereocenters. The maximum atomic E-state index is 12.6. The zero-order valence-electron chi connectivity index (χ0n) is 15.9. The zero-order chi connectivity index (χ0) is 18.1. The van der Waals surface area contributed by atoms with Gasteiger partial charge >= 0.3 is 5.97 Å². The summed E-state index contributed by atoms with van der Waals surface area (Å²) in [6.07, 6.45) is 2.42. The van der Waals surface area contributed by atoms with Crippen molar-refractivity contribution in [3.05, 3.63) is 12.2 Å². The van der Waals surface area contributed by atoms with Crippen molar-refractivity contribution in [3.8, 4) is 0 Å². The summed E-state index contributed by atoms with van der Waals surface area (Å²) in [4.78, 5) is 12.6. The highest BCUT2D eigenvalue weighted by molar-refractivity contribution is 5.75. The Bertz CT molecular complexity index is 577. The molecule has 3 aliphatic rings. The van der Waals surface area contributed by atoms with E-state index in [2.05, 4.69) is 20.4 Å². The van der Waals surface area contributed by atoms with Gasteiger partial charge in [-0.05, 0) is 45.4 Å². The Balaban J connectivity index is 2.14. The molecule has 1 N–H and O–H groups in total. The van der Waals surface area contributed by atoms with E-state index in [-0.39, 0.29) is 34.4 Å². The molecule has 0 amide bonds. The summed E-state index contributed by atoms with van der Waals surface area (Å²) in [5, 5.41) is 11.2. The molecule has 0 aliphatic heterocycles. The Kier molecular flexibility index (Phi) is 3.79. The van der Waals surface area contributed by atoms with Gasteiger partial charge in [0.05, 0.1) is 30.8 Å². The van der Waals surface area contributed by atoms with Gasteiger partial charge in [-0.3, -0.25) is 4.79 Å². The van der Waals surface area contributed by atoms with Crippen LogP contribution in [0.3, 0.4) is 0 Å². The number of aliphatic hydroxyl groups excluding tert-OH is 1. The molecule has 0 unspecified atom stereocenters. The molecule has 0 saturated heterocycles. The number of ether oxygens (including phenoxy) is 2. The van der Waals surface area contributed by atoms with Crippen molar-refractivity contribution in [3.63, 3.8) is 0 Å². The molecule has 0 aromatic rings. The van der Waals surface area contributed by atoms with Crippen LogP contribution in [0.15, 0.2) is 12.2 Å². The molecular weight excluding hydrogens is 304 g/mol. The molecule has 0 aromatic carbocycles. The number of methoxy groups -OCH3 is 1. The van der Waals surface area contributed by atoms with Crippen molar-refractivity contribution < 1.29 is 19.4 Å². The summed E-state index contributed by atoms with van der Waals surface area (Å²) in [6.45, 7) is 14.8. The highest BCUT2D eigenvalue weighted by Crippen LogP contribution is 2.79. The minimum absolute atomic E-state index is 0.0867. The predicted octanol–water partition coefficient (Wildman–Crippen LogP) is 3.48. The number of esters is 1. The number of rotatable bonds is 2. The lowest BCUT2D eigenvalue weighted by atomic mass is 9.57. The molecule has 0 heterocycles. The summed E-state index contributed by atoms with van der Waals surface area (Å²) in [5.41, 5.74) is -0.290. The second-order valence-electron chi connectivity index (χ2n) is 9.50. The third-order valence-electron chi connectivity index (χ3n) is 7.33. The number of aliphatic hydroxyl groups is 1. The Morgan fingerprint density at radius 2 is 1.92 bits per heavy atom. The van der Waals surface area contributed by atoms with Crippen molar-refractivity contribution in [2.45, 2.75) is 78.1 Å². The molecular formula is C20H32O4. The highest BCUT2D eigenvalue weighted by Gasteiger charge is 2.79. The van der Waals surface area contributed by atoms with Crippen LogP contribution in [0.2, 0.25) is 0 Å². The van der Waals surface area contributed by atoms with E-state index >= 15 is 0 Å². The number of carbonyl (C=O) groups is 1. The Labute approximate surface area is 145 Å². The monoisotopic (exact) mass is 336 g/mol. The van der Waals surface area contributed by atoms with Gasteiger partial charge < -0.3 is 14.6 Å². The first kappa shape index (κ1) is 17.9. The number of carbonyl (C=O) groups excluding carboxylic acids is 1. The lowest BCUT2D eigenvalue weighted by Gasteiger charge is -2.48. The summed E-state index contributed by atoms with van der Waals surface area (Å²) in [5.74, 6) is -0.378. The van der Waals surface area contributed by atoms with Gasteiger partial charge in [0.2, 0.25) is 0 Å². The van der Waals surface area contributed by atoms with Crippen molar-refractivity contribution in [1.82, 2.24) is 0 Å². The van der Waals surface area contributed by atoms with E-state index in [4.69, 9.17) is 9.47 Å². The van der Waals surface area contributed by atoms with Crippen LogP contribution in [0.5, 0.6) is 0 Å². The maximum absolute atomic E-state index is 12.6. The molecule has 24 heavy (non-hydrogen) atoms. The zero-order valence-corrected chi connectivity index (χ0v) is 15.9. The van der Waals surface area contributed by atoms with Gasteiger partial charge in [-0.15, -0.1) is 0 Å². The molecule has 1 spiro atoms. The van der Waals surface area contributed by atoms with E-state index in [1.165, 1.54) is 7.11 Å². The van der Waals surface area contributed by atoms with Crippen molar-refractivity contribution in [1.29, 1.82) is 0 Å². The quantitative estimate of drug-likeness (QED) is 0.620. The standard InChI is InChI=1S/C20H32O4/c1-12-8-9-18(5)13(16(22)23-7)11-19(6)15(24-17(2,3)4)10-14(21)20(12,18)19/h13-15,21H,1,8-11H2,2-7H3/t13-,14-,15+,18+,19-,20-/m1/s1. The molecule has 3 saturated carbocycles. The van der Waals surface area contributed by atoms with Crippen LogP contribution in [0.1, 0.15) is 60.3 Å². The first-order valence-electron chi connectivity index (χ1n) is 9.06. The summed E-state index contributed by atoms with van der Waals surface area (Å²) in [6, 6.07) is 0. The molecule has 4 nitrogen and oxygen atoms in total. The lowest BCUT2D eigenvalue weighted by molar-refractivity contribution is -0.151. The van der Waals surface area contributed by atoms with Crippen LogP contribution < -0.4 is 0 Å². The Morgan fingerprint density at radius 3 is 2.46 bits per heavy atom. The molecule has 4 heteroatoms. The third kappa shape index (κ3) is 1.90. The van der Waals surface area contributed by atoms with Gasteiger partial charge in [0, 0.05) is 17.3 Å². The van der Waals surface area contributed by atoms with E-state index in [0.29, 0.717) is 12.8 Å².